The average Bonchev–Trinajstić information content (AvgIpc) is 2.11. The van der Waals surface area contributed by atoms with E-state index in [0.717, 1.165) is 17.2 Å². The van der Waals surface area contributed by atoms with Gasteiger partial charge in [-0.2, -0.15) is 10.2 Å². The predicted molar refractivity (Wildman–Crippen MR) is 305 cm³/mol. The van der Waals surface area contributed by atoms with Gasteiger partial charge < -0.3 is 47.5 Å². The minimum Gasteiger partial charge on any atom is -0.497 e. The number of rotatable bonds is 24. The van der Waals surface area contributed by atoms with Crippen molar-refractivity contribution >= 4 is 72.7 Å². The molecule has 2 aliphatic heterocycles. The molecule has 2 unspecified atom stereocenters. The second-order valence-electron chi connectivity index (χ2n) is 19.5. The van der Waals surface area contributed by atoms with Crippen LogP contribution in [-0.2, 0) is 59.1 Å². The molecule has 10 rings (SSSR count). The quantitative estimate of drug-likeness (QED) is 0.0257. The fraction of sp³-hybridized carbons (Fsp3) is 0.327. The standard InChI is InChI=1S/C55H55F2N11O14P2S/c1-31(2)49(69)65-54-64-48-43(51(71)66-54)62-30-68(48)52-40(56)44(81-83(72)73)39(80-52)27-78-84(85,77-25-11-24-58)82-45-38(79-53(41(45)57)67-29-61-42-46(59-28-60-47(42)67)63-50(70)32-12-7-5-8-13-32)26-76-55(33-14-9-6-10-15-33,34-16-20-36(74-3)21-17-34)35-18-22-37(75-4)23-19-35/h5-10,12-23,28-31,38-41,44-45,52-53,83H,11,25-27H2,1-4H3,(H,72,73)(H,59,60,63,70)(H2,64,65,66,69,71)/t38-,39-,40-,41-,44-,45-,52-,53-,84?/m1/s1. The SMILES string of the molecule is COc1ccc(C(OC[C@H]2O[C@@H](n3cnc4c(NC(=O)c5ccccc5)ncnc43)[C@H](F)[C@@H]2OP(=S)(OCCC#N)OC[C@H]2O[C@@H](n3cnc4c(=O)[nH]c(NC(=O)C(C)C)nc43)[C@H](F)[C@@H]2O[PH](=O)O)(c2ccccc2)c2ccc(OC)cc2)cc1. The molecule has 30 heteroatoms. The molecule has 10 atom stereocenters. The lowest BCUT2D eigenvalue weighted by atomic mass is 9.80. The number of alkyl halides is 2. The molecule has 0 radical (unpaired) electrons. The van der Waals surface area contributed by atoms with Gasteiger partial charge in [0.25, 0.3) is 11.5 Å². The van der Waals surface area contributed by atoms with Crippen LogP contribution >= 0.6 is 15.0 Å². The number of halogens is 2. The summed E-state index contributed by atoms with van der Waals surface area (Å²) >= 11 is 6.03. The first-order valence-electron chi connectivity index (χ1n) is 26.3. The summed E-state index contributed by atoms with van der Waals surface area (Å²) in [7, 11) is -0.850. The topological polar surface area (TPSA) is 310 Å². The number of benzene rings is 4. The number of fused-ring (bicyclic) bond motifs is 2. The Hall–Kier alpha value is -7.77. The number of anilines is 2. The molecule has 85 heavy (non-hydrogen) atoms. The van der Waals surface area contributed by atoms with Gasteiger partial charge in [-0.25, -0.2) is 28.7 Å². The normalized spacial score (nSPS) is 21.6. The van der Waals surface area contributed by atoms with Gasteiger partial charge in [0, 0.05) is 11.5 Å². The molecular formula is C55H55F2N11O14P2S. The Balaban J connectivity index is 1.02. The maximum absolute atomic E-state index is 18.2. The monoisotopic (exact) mass is 1230 g/mol. The second kappa shape index (κ2) is 26.2. The molecular weight excluding hydrogens is 1170 g/mol. The maximum atomic E-state index is 18.2. The molecule has 4 aromatic carbocycles. The van der Waals surface area contributed by atoms with E-state index in [-0.39, 0.29) is 40.5 Å². The van der Waals surface area contributed by atoms with Crippen molar-refractivity contribution in [1.82, 2.24) is 39.0 Å². The number of nitrogens with one attached hydrogen (secondary N) is 3. The van der Waals surface area contributed by atoms with Gasteiger partial charge in [0.2, 0.25) is 11.9 Å². The van der Waals surface area contributed by atoms with Crippen LogP contribution in [0.3, 0.4) is 0 Å². The number of hydrogen-bond acceptors (Lipinski definition) is 20. The van der Waals surface area contributed by atoms with Crippen LogP contribution in [0, 0.1) is 17.2 Å². The average molecular weight is 1230 g/mol. The molecule has 0 saturated carbocycles. The highest BCUT2D eigenvalue weighted by molar-refractivity contribution is 8.07. The van der Waals surface area contributed by atoms with E-state index in [1.165, 1.54) is 25.1 Å². The number of imidazole rings is 2. The number of hydrogen-bond donors (Lipinski definition) is 4. The van der Waals surface area contributed by atoms with Crippen molar-refractivity contribution < 1.29 is 69.6 Å². The molecule has 4 N–H and O–H groups in total. The molecule has 2 saturated heterocycles. The number of aromatic nitrogens is 8. The van der Waals surface area contributed by atoms with Crippen LogP contribution in [0.15, 0.2) is 133 Å². The van der Waals surface area contributed by atoms with Crippen LogP contribution in [0.25, 0.3) is 22.3 Å². The molecule has 25 nitrogen and oxygen atoms in total. The van der Waals surface area contributed by atoms with Crippen molar-refractivity contribution in [3.63, 3.8) is 0 Å². The Morgan fingerprint density at radius 2 is 1.38 bits per heavy atom. The summed E-state index contributed by atoms with van der Waals surface area (Å²) in [5, 5.41) is 14.9. The van der Waals surface area contributed by atoms with E-state index >= 15 is 8.78 Å². The van der Waals surface area contributed by atoms with Crippen molar-refractivity contribution in [3.05, 3.63) is 161 Å². The lowest BCUT2D eigenvalue weighted by molar-refractivity contribution is -0.118. The van der Waals surface area contributed by atoms with Crippen molar-refractivity contribution in [3.8, 4) is 17.6 Å². The smallest absolute Gasteiger partial charge is 0.327 e. The molecule has 6 heterocycles. The van der Waals surface area contributed by atoms with Crippen LogP contribution < -0.4 is 25.7 Å². The third-order valence-corrected chi connectivity index (χ3v) is 16.7. The van der Waals surface area contributed by atoms with Gasteiger partial charge in [0.1, 0.15) is 47.8 Å². The van der Waals surface area contributed by atoms with Crippen LogP contribution in [0.5, 0.6) is 11.5 Å². The summed E-state index contributed by atoms with van der Waals surface area (Å²) in [6.07, 6.45) is -11.4. The third kappa shape index (κ3) is 12.8. The first-order chi connectivity index (χ1) is 41.0. The van der Waals surface area contributed by atoms with Gasteiger partial charge in [0.15, 0.2) is 52.9 Å². The summed E-state index contributed by atoms with van der Waals surface area (Å²) < 4.78 is 105. The molecule has 0 aliphatic carbocycles. The zero-order valence-electron chi connectivity index (χ0n) is 45.6. The fourth-order valence-electron chi connectivity index (χ4n) is 9.72. The van der Waals surface area contributed by atoms with Crippen molar-refractivity contribution in [2.24, 2.45) is 5.92 Å². The largest absolute Gasteiger partial charge is 0.497 e. The lowest BCUT2D eigenvalue weighted by Gasteiger charge is -2.37. The highest BCUT2D eigenvalue weighted by Crippen LogP contribution is 2.56. The number of H-pyrrole nitrogens is 1. The number of carbonyl (C=O) groups excluding carboxylic acids is 2. The van der Waals surface area contributed by atoms with E-state index < -0.39 is 113 Å². The number of amides is 2. The summed E-state index contributed by atoms with van der Waals surface area (Å²) in [5.74, 6) is -0.685. The Kier molecular flexibility index (Phi) is 18.6. The van der Waals surface area contributed by atoms with Crippen LogP contribution in [0.2, 0.25) is 0 Å². The Morgan fingerprint density at radius 3 is 1.98 bits per heavy atom. The number of aromatic amines is 1. The van der Waals surface area contributed by atoms with Crippen LogP contribution in [0.4, 0.5) is 20.5 Å². The van der Waals surface area contributed by atoms with E-state index in [4.69, 9.17) is 53.6 Å². The molecule has 4 aromatic heterocycles. The van der Waals surface area contributed by atoms with Gasteiger partial charge >= 0.3 is 15.0 Å². The third-order valence-electron chi connectivity index (χ3n) is 13.9. The number of carbonyl (C=O) groups is 2. The first kappa shape index (κ1) is 60.4. The summed E-state index contributed by atoms with van der Waals surface area (Å²) in [6, 6.07) is 33.9. The first-order valence-corrected chi connectivity index (χ1v) is 30.1. The summed E-state index contributed by atoms with van der Waals surface area (Å²) in [5.41, 5.74) is -0.497. The Bertz CT molecular complexity index is 3800. The molecule has 2 fully saturated rings. The molecule has 8 aromatic rings. The Labute approximate surface area is 488 Å². The number of methoxy groups -OCH3 is 2. The minimum atomic E-state index is -4.45. The van der Waals surface area contributed by atoms with Crippen molar-refractivity contribution in [2.45, 2.75) is 75.1 Å². The van der Waals surface area contributed by atoms with Crippen LogP contribution in [0.1, 0.15) is 59.8 Å². The minimum absolute atomic E-state index is 0.00627. The zero-order chi connectivity index (χ0) is 60.0. The molecule has 2 amide bonds. The number of nitrogens with zero attached hydrogens (tertiary/aromatic N) is 8. The molecule has 444 valence electrons. The van der Waals surface area contributed by atoms with E-state index in [0.29, 0.717) is 33.8 Å². The number of nitriles is 1. The highest BCUT2D eigenvalue weighted by atomic mass is 32.5. The molecule has 0 spiro atoms. The van der Waals surface area contributed by atoms with Crippen molar-refractivity contribution in [2.75, 3.05) is 44.7 Å². The lowest BCUT2D eigenvalue weighted by Crippen LogP contribution is -2.40. The van der Waals surface area contributed by atoms with Gasteiger partial charge in [-0.3, -0.25) is 42.9 Å². The van der Waals surface area contributed by atoms with Gasteiger partial charge in [-0.1, -0.05) is 86.6 Å². The van der Waals surface area contributed by atoms with E-state index in [1.807, 2.05) is 60.7 Å². The second-order valence-corrected chi connectivity index (χ2v) is 23.2. The van der Waals surface area contributed by atoms with E-state index in [9.17, 15) is 29.1 Å². The Morgan fingerprint density at radius 1 is 0.800 bits per heavy atom. The van der Waals surface area contributed by atoms with Crippen LogP contribution in [-0.4, -0.2) is 127 Å². The fourth-order valence-corrected chi connectivity index (χ4v) is 12.3. The summed E-state index contributed by atoms with van der Waals surface area (Å²) in [4.78, 5) is 73.0. The van der Waals surface area contributed by atoms with Crippen molar-refractivity contribution in [1.29, 1.82) is 5.26 Å². The van der Waals surface area contributed by atoms with E-state index in [2.05, 4.69) is 40.5 Å². The maximum Gasteiger partial charge on any atom is 0.327 e. The van der Waals surface area contributed by atoms with Gasteiger partial charge in [-0.05, 0) is 64.9 Å². The number of ether oxygens (including phenoxy) is 5. The van der Waals surface area contributed by atoms with E-state index in [1.54, 1.807) is 68.4 Å². The molecule has 2 aliphatic rings. The molecule has 0 bridgehead atoms. The zero-order valence-corrected chi connectivity index (χ0v) is 48.3. The van der Waals surface area contributed by atoms with Gasteiger partial charge in [0.05, 0.1) is 59.2 Å². The van der Waals surface area contributed by atoms with Gasteiger partial charge in [-0.15, -0.1) is 0 Å². The summed E-state index contributed by atoms with van der Waals surface area (Å²) in [6.45, 7) is -2.92. The highest BCUT2D eigenvalue weighted by Gasteiger charge is 2.53. The predicted octanol–water partition coefficient (Wildman–Crippen LogP) is 7.63.